The maximum absolute atomic E-state index is 12.8. The number of carbonyl (C=O) groups excluding carboxylic acids is 1. The highest BCUT2D eigenvalue weighted by molar-refractivity contribution is 5.94. The molecule has 0 radical (unpaired) electrons. The Bertz CT molecular complexity index is 1290. The Hall–Kier alpha value is -3.79. The van der Waals surface area contributed by atoms with Crippen molar-refractivity contribution in [2.24, 2.45) is 0 Å². The van der Waals surface area contributed by atoms with Crippen LogP contribution >= 0.6 is 0 Å². The normalized spacial score (nSPS) is 13.0. The minimum atomic E-state index is -0.0672. The van der Waals surface area contributed by atoms with Gasteiger partial charge in [-0.15, -0.1) is 0 Å². The Morgan fingerprint density at radius 1 is 0.889 bits per heavy atom. The maximum atomic E-state index is 12.8. The topological polar surface area (TPSA) is 43.3 Å². The highest BCUT2D eigenvalue weighted by atomic mass is 16.5. The summed E-state index contributed by atoms with van der Waals surface area (Å²) in [5, 5.41) is 3.04. The van der Waals surface area contributed by atoms with Gasteiger partial charge < -0.3 is 14.6 Å². The standard InChI is InChI=1S/C32H34N2O2/c1-2-21-36-29-19-13-24(14-20-29)23-33-32(35)26-15-17-28(18-16-26)34-30-12-8-4-7-11-27(30)22-31(34)25-9-5-3-6-10-25/h3,5-6,9-10,13-20,22H,2,4,7-8,11-12,21,23H2,1H3,(H,33,35). The van der Waals surface area contributed by atoms with E-state index >= 15 is 0 Å². The number of benzene rings is 3. The lowest BCUT2D eigenvalue weighted by atomic mass is 10.1. The largest absolute Gasteiger partial charge is 0.494 e. The SMILES string of the molecule is CCCOc1ccc(CNC(=O)c2ccc(-n3c(-c4ccccc4)cc4c3CCCCC4)cc2)cc1. The molecule has 0 spiro atoms. The Labute approximate surface area is 213 Å². The van der Waals surface area contributed by atoms with Crippen LogP contribution in [0.1, 0.15) is 59.8 Å². The predicted molar refractivity (Wildman–Crippen MR) is 146 cm³/mol. The van der Waals surface area contributed by atoms with Crippen molar-refractivity contribution in [3.63, 3.8) is 0 Å². The van der Waals surface area contributed by atoms with Crippen molar-refractivity contribution in [3.8, 4) is 22.7 Å². The van der Waals surface area contributed by atoms with E-state index in [1.807, 2.05) is 36.4 Å². The zero-order valence-corrected chi connectivity index (χ0v) is 21.0. The zero-order chi connectivity index (χ0) is 24.7. The summed E-state index contributed by atoms with van der Waals surface area (Å²) >= 11 is 0. The molecule has 0 aliphatic heterocycles. The van der Waals surface area contributed by atoms with Crippen molar-refractivity contribution in [2.45, 2.75) is 52.0 Å². The van der Waals surface area contributed by atoms with Gasteiger partial charge in [-0.25, -0.2) is 0 Å². The van der Waals surface area contributed by atoms with Crippen molar-refractivity contribution < 1.29 is 9.53 Å². The van der Waals surface area contributed by atoms with Crippen LogP contribution in [0.15, 0.2) is 84.9 Å². The minimum Gasteiger partial charge on any atom is -0.494 e. The molecule has 0 fully saturated rings. The number of ether oxygens (including phenoxy) is 1. The van der Waals surface area contributed by atoms with Gasteiger partial charge in [0.05, 0.1) is 12.3 Å². The highest BCUT2D eigenvalue weighted by Crippen LogP contribution is 2.33. The molecule has 0 unspecified atom stereocenters. The number of rotatable bonds is 8. The van der Waals surface area contributed by atoms with Crippen LogP contribution in [0.2, 0.25) is 0 Å². The molecule has 0 bridgehead atoms. The summed E-state index contributed by atoms with van der Waals surface area (Å²) in [5.74, 6) is 0.794. The van der Waals surface area contributed by atoms with E-state index in [1.165, 1.54) is 41.8 Å². The van der Waals surface area contributed by atoms with E-state index in [0.29, 0.717) is 18.7 Å². The number of carbonyl (C=O) groups is 1. The molecule has 0 atom stereocenters. The molecule has 1 aliphatic rings. The summed E-state index contributed by atoms with van der Waals surface area (Å²) in [6.07, 6.45) is 6.96. The van der Waals surface area contributed by atoms with Gasteiger partial charge in [-0.2, -0.15) is 0 Å². The molecule has 1 N–H and O–H groups in total. The summed E-state index contributed by atoms with van der Waals surface area (Å²) in [7, 11) is 0. The van der Waals surface area contributed by atoms with Gasteiger partial charge >= 0.3 is 0 Å². The number of nitrogens with one attached hydrogen (secondary N) is 1. The lowest BCUT2D eigenvalue weighted by molar-refractivity contribution is 0.0951. The van der Waals surface area contributed by atoms with Crippen LogP contribution < -0.4 is 10.1 Å². The molecule has 4 heteroatoms. The summed E-state index contributed by atoms with van der Waals surface area (Å²) in [6, 6.07) is 28.9. The lowest BCUT2D eigenvalue weighted by Crippen LogP contribution is -2.22. The lowest BCUT2D eigenvalue weighted by Gasteiger charge is -2.15. The predicted octanol–water partition coefficient (Wildman–Crippen LogP) is 7.13. The molecule has 0 saturated heterocycles. The first-order chi connectivity index (χ1) is 17.7. The van der Waals surface area contributed by atoms with Crippen molar-refractivity contribution in [1.82, 2.24) is 9.88 Å². The quantitative estimate of drug-likeness (QED) is 0.274. The van der Waals surface area contributed by atoms with E-state index in [1.54, 1.807) is 0 Å². The minimum absolute atomic E-state index is 0.0672. The third-order valence-corrected chi connectivity index (χ3v) is 6.86. The molecular weight excluding hydrogens is 444 g/mol. The van der Waals surface area contributed by atoms with E-state index in [0.717, 1.165) is 36.3 Å². The Balaban J connectivity index is 1.33. The molecule has 184 valence electrons. The second kappa shape index (κ2) is 11.3. The number of amides is 1. The first kappa shape index (κ1) is 23.9. The monoisotopic (exact) mass is 478 g/mol. The molecule has 36 heavy (non-hydrogen) atoms. The van der Waals surface area contributed by atoms with E-state index in [4.69, 9.17) is 4.74 Å². The molecule has 1 heterocycles. The fourth-order valence-corrected chi connectivity index (χ4v) is 4.96. The van der Waals surface area contributed by atoms with Crippen LogP contribution in [0.5, 0.6) is 5.75 Å². The van der Waals surface area contributed by atoms with Gasteiger partial charge in [0.2, 0.25) is 0 Å². The number of fused-ring (bicyclic) bond motifs is 1. The second-order valence-corrected chi connectivity index (χ2v) is 9.49. The fraction of sp³-hybridized carbons (Fsp3) is 0.281. The van der Waals surface area contributed by atoms with E-state index in [2.05, 4.69) is 65.3 Å². The maximum Gasteiger partial charge on any atom is 0.251 e. The molecule has 3 aromatic carbocycles. The first-order valence-electron chi connectivity index (χ1n) is 13.1. The van der Waals surface area contributed by atoms with E-state index in [-0.39, 0.29) is 5.91 Å². The smallest absolute Gasteiger partial charge is 0.251 e. The number of hydrogen-bond acceptors (Lipinski definition) is 2. The molecule has 4 aromatic rings. The van der Waals surface area contributed by atoms with Crippen LogP contribution in [0.3, 0.4) is 0 Å². The third kappa shape index (κ3) is 5.38. The van der Waals surface area contributed by atoms with Crippen LogP contribution in [0, 0.1) is 0 Å². The van der Waals surface area contributed by atoms with E-state index < -0.39 is 0 Å². The van der Waals surface area contributed by atoms with Crippen LogP contribution in [0.25, 0.3) is 16.9 Å². The van der Waals surface area contributed by atoms with Crippen LogP contribution in [0.4, 0.5) is 0 Å². The van der Waals surface area contributed by atoms with Crippen molar-refractivity contribution >= 4 is 5.91 Å². The van der Waals surface area contributed by atoms with Crippen molar-refractivity contribution in [1.29, 1.82) is 0 Å². The summed E-state index contributed by atoms with van der Waals surface area (Å²) in [5.41, 5.74) is 8.14. The number of hydrogen-bond donors (Lipinski definition) is 1. The zero-order valence-electron chi connectivity index (χ0n) is 21.0. The number of aromatic nitrogens is 1. The van der Waals surface area contributed by atoms with Gasteiger partial charge in [-0.1, -0.05) is 55.8 Å². The molecular formula is C32H34N2O2. The fourth-order valence-electron chi connectivity index (χ4n) is 4.96. The van der Waals surface area contributed by atoms with Crippen LogP contribution in [-0.2, 0) is 19.4 Å². The molecule has 4 nitrogen and oxygen atoms in total. The van der Waals surface area contributed by atoms with Crippen LogP contribution in [-0.4, -0.2) is 17.1 Å². The van der Waals surface area contributed by atoms with Gasteiger partial charge in [0, 0.05) is 23.5 Å². The number of nitrogens with zero attached hydrogens (tertiary/aromatic N) is 1. The van der Waals surface area contributed by atoms with E-state index in [9.17, 15) is 4.79 Å². The Kier molecular flexibility index (Phi) is 7.51. The summed E-state index contributed by atoms with van der Waals surface area (Å²) in [6.45, 7) is 3.29. The van der Waals surface area contributed by atoms with Gasteiger partial charge in [0.25, 0.3) is 5.91 Å². The Morgan fingerprint density at radius 2 is 1.64 bits per heavy atom. The summed E-state index contributed by atoms with van der Waals surface area (Å²) in [4.78, 5) is 12.8. The molecule has 0 saturated carbocycles. The van der Waals surface area contributed by atoms with Gasteiger partial charge in [-0.3, -0.25) is 4.79 Å². The van der Waals surface area contributed by atoms with Gasteiger partial charge in [0.1, 0.15) is 5.75 Å². The first-order valence-corrected chi connectivity index (χ1v) is 13.1. The second-order valence-electron chi connectivity index (χ2n) is 9.49. The van der Waals surface area contributed by atoms with Crippen molar-refractivity contribution in [3.05, 3.63) is 107 Å². The highest BCUT2D eigenvalue weighted by Gasteiger charge is 2.19. The average Bonchev–Trinajstić information content (AvgIpc) is 3.14. The third-order valence-electron chi connectivity index (χ3n) is 6.86. The van der Waals surface area contributed by atoms with Gasteiger partial charge in [-0.05, 0) is 91.3 Å². The van der Waals surface area contributed by atoms with Gasteiger partial charge in [0.15, 0.2) is 0 Å². The van der Waals surface area contributed by atoms with Crippen molar-refractivity contribution in [2.75, 3.05) is 6.61 Å². The Morgan fingerprint density at radius 3 is 2.39 bits per heavy atom. The molecule has 5 rings (SSSR count). The number of aryl methyl sites for hydroxylation is 1. The molecule has 1 aromatic heterocycles. The average molecular weight is 479 g/mol. The molecule has 1 amide bonds. The summed E-state index contributed by atoms with van der Waals surface area (Å²) < 4.78 is 8.04. The molecule has 1 aliphatic carbocycles.